The molecule has 2 atom stereocenters. The molecule has 1 aromatic carbocycles. The Morgan fingerprint density at radius 1 is 1.50 bits per heavy atom. The maximum absolute atomic E-state index is 12.6. The molecule has 2 amide bonds. The van der Waals surface area contributed by atoms with Crippen LogP contribution in [0.4, 0.5) is 10.5 Å². The minimum Gasteiger partial charge on any atom is -0.492 e. The number of benzene rings is 1. The molecular formula is C17H21BrN2O4. The smallest absolute Gasteiger partial charge is 0.321 e. The van der Waals surface area contributed by atoms with Crippen LogP contribution in [-0.2, 0) is 4.79 Å². The molecule has 24 heavy (non-hydrogen) atoms. The van der Waals surface area contributed by atoms with Crippen LogP contribution in [0.15, 0.2) is 22.7 Å². The van der Waals surface area contributed by atoms with Gasteiger partial charge in [-0.15, -0.1) is 0 Å². The van der Waals surface area contributed by atoms with Crippen LogP contribution in [0.1, 0.15) is 26.2 Å². The van der Waals surface area contributed by atoms with Crippen LogP contribution in [0.5, 0.6) is 5.75 Å². The summed E-state index contributed by atoms with van der Waals surface area (Å²) in [6.07, 6.45) is 2.45. The van der Waals surface area contributed by atoms with Crippen LogP contribution in [0, 0.1) is 11.3 Å². The standard InChI is InChI=1S/C17H21BrN2O4/c1-2-24-14-6-5-12(18)8-13(14)19-16(23)20-9-11-4-3-7-17(11,10-20)15(21)22/h5-6,8,11H,2-4,7,9-10H2,1H3,(H,19,23)(H,21,22)/t11-,17+/m0/s1. The second-order valence-corrected chi connectivity index (χ2v) is 7.35. The zero-order valence-electron chi connectivity index (χ0n) is 13.5. The molecular weight excluding hydrogens is 376 g/mol. The fraction of sp³-hybridized carbons (Fsp3) is 0.529. The second-order valence-electron chi connectivity index (χ2n) is 6.43. The summed E-state index contributed by atoms with van der Waals surface area (Å²) >= 11 is 3.39. The van der Waals surface area contributed by atoms with Crippen LogP contribution in [0.25, 0.3) is 0 Å². The molecule has 3 rings (SSSR count). The number of nitrogens with one attached hydrogen (secondary N) is 1. The number of hydrogen-bond acceptors (Lipinski definition) is 3. The molecule has 1 aliphatic carbocycles. The van der Waals surface area contributed by atoms with E-state index in [1.165, 1.54) is 0 Å². The average Bonchev–Trinajstić information content (AvgIpc) is 3.08. The highest BCUT2D eigenvalue weighted by Crippen LogP contribution is 2.49. The van der Waals surface area contributed by atoms with Gasteiger partial charge in [-0.1, -0.05) is 22.4 Å². The van der Waals surface area contributed by atoms with Gasteiger partial charge in [-0.25, -0.2) is 4.79 Å². The fourth-order valence-corrected chi connectivity index (χ4v) is 4.23. The van der Waals surface area contributed by atoms with Crippen LogP contribution < -0.4 is 10.1 Å². The number of anilines is 1. The van der Waals surface area contributed by atoms with Gasteiger partial charge in [0, 0.05) is 17.6 Å². The number of nitrogens with zero attached hydrogens (tertiary/aromatic N) is 1. The Bertz CT molecular complexity index is 666. The molecule has 0 radical (unpaired) electrons. The van der Waals surface area contributed by atoms with E-state index in [9.17, 15) is 14.7 Å². The molecule has 2 N–H and O–H groups in total. The Kier molecular flexibility index (Phi) is 4.71. The van der Waals surface area contributed by atoms with Gasteiger partial charge in [0.2, 0.25) is 0 Å². The number of hydrogen-bond donors (Lipinski definition) is 2. The van der Waals surface area contributed by atoms with Crippen molar-refractivity contribution in [3.8, 4) is 5.75 Å². The molecule has 0 aromatic heterocycles. The third-order valence-corrected chi connectivity index (χ3v) is 5.56. The van der Waals surface area contributed by atoms with E-state index in [1.54, 1.807) is 17.0 Å². The van der Waals surface area contributed by atoms with E-state index in [0.29, 0.717) is 31.0 Å². The molecule has 0 unspecified atom stereocenters. The lowest BCUT2D eigenvalue weighted by molar-refractivity contribution is -0.149. The molecule has 1 aliphatic heterocycles. The lowest BCUT2D eigenvalue weighted by Gasteiger charge is -2.23. The number of urea groups is 1. The third kappa shape index (κ3) is 2.97. The van der Waals surface area contributed by atoms with Gasteiger partial charge in [0.1, 0.15) is 5.75 Å². The predicted molar refractivity (Wildman–Crippen MR) is 93.3 cm³/mol. The first kappa shape index (κ1) is 17.1. The molecule has 2 fully saturated rings. The molecule has 0 spiro atoms. The quantitative estimate of drug-likeness (QED) is 0.814. The van der Waals surface area contributed by atoms with Crippen molar-refractivity contribution >= 4 is 33.6 Å². The first-order valence-corrected chi connectivity index (χ1v) is 8.97. The molecule has 1 saturated carbocycles. The maximum Gasteiger partial charge on any atom is 0.321 e. The highest BCUT2D eigenvalue weighted by atomic mass is 79.9. The first-order chi connectivity index (χ1) is 11.5. The number of carbonyl (C=O) groups excluding carboxylic acids is 1. The topological polar surface area (TPSA) is 78.9 Å². The molecule has 130 valence electrons. The van der Waals surface area contributed by atoms with Gasteiger partial charge in [0.05, 0.1) is 17.7 Å². The number of rotatable bonds is 4. The molecule has 0 bridgehead atoms. The van der Waals surface area contributed by atoms with E-state index in [4.69, 9.17) is 4.74 Å². The zero-order chi connectivity index (χ0) is 17.3. The highest BCUT2D eigenvalue weighted by molar-refractivity contribution is 9.10. The van der Waals surface area contributed by atoms with Gasteiger partial charge < -0.3 is 20.1 Å². The van der Waals surface area contributed by atoms with Crippen molar-refractivity contribution in [3.05, 3.63) is 22.7 Å². The van der Waals surface area contributed by atoms with Crippen LogP contribution in [0.2, 0.25) is 0 Å². The maximum atomic E-state index is 12.6. The number of carboxylic acid groups (broad SMARTS) is 1. The number of halogens is 1. The van der Waals surface area contributed by atoms with Crippen LogP contribution in [0.3, 0.4) is 0 Å². The number of carboxylic acids is 1. The number of fused-ring (bicyclic) bond motifs is 1. The summed E-state index contributed by atoms with van der Waals surface area (Å²) < 4.78 is 6.37. The predicted octanol–water partition coefficient (Wildman–Crippen LogP) is 3.57. The van der Waals surface area contributed by atoms with Crippen LogP contribution in [-0.4, -0.2) is 41.7 Å². The average molecular weight is 397 g/mol. The van der Waals surface area contributed by atoms with E-state index in [-0.39, 0.29) is 18.5 Å². The Labute approximate surface area is 149 Å². The minimum absolute atomic E-state index is 0.0506. The van der Waals surface area contributed by atoms with E-state index in [0.717, 1.165) is 17.3 Å². The summed E-state index contributed by atoms with van der Waals surface area (Å²) in [6.45, 7) is 3.15. The lowest BCUT2D eigenvalue weighted by Crippen LogP contribution is -2.38. The SMILES string of the molecule is CCOc1ccc(Br)cc1NC(=O)N1C[C@@H]2CCC[C@@]2(C(=O)O)C1. The normalized spacial score (nSPS) is 25.4. The molecule has 1 aromatic rings. The number of aliphatic carboxylic acids is 1. The van der Waals surface area contributed by atoms with Crippen molar-refractivity contribution < 1.29 is 19.4 Å². The Morgan fingerprint density at radius 2 is 2.29 bits per heavy atom. The third-order valence-electron chi connectivity index (χ3n) is 5.07. The summed E-state index contributed by atoms with van der Waals surface area (Å²) in [4.78, 5) is 26.0. The fourth-order valence-electron chi connectivity index (χ4n) is 3.87. The van der Waals surface area contributed by atoms with Crippen molar-refractivity contribution in [2.75, 3.05) is 25.0 Å². The highest BCUT2D eigenvalue weighted by Gasteiger charge is 2.55. The Hall–Kier alpha value is -1.76. The summed E-state index contributed by atoms with van der Waals surface area (Å²) in [5.41, 5.74) is -0.185. The minimum atomic E-state index is -0.780. The monoisotopic (exact) mass is 396 g/mol. The molecule has 1 heterocycles. The van der Waals surface area contributed by atoms with Crippen molar-refractivity contribution in [2.45, 2.75) is 26.2 Å². The van der Waals surface area contributed by atoms with Crippen molar-refractivity contribution in [3.63, 3.8) is 0 Å². The van der Waals surface area contributed by atoms with Gasteiger partial charge in [-0.2, -0.15) is 0 Å². The largest absolute Gasteiger partial charge is 0.492 e. The summed E-state index contributed by atoms with van der Waals surface area (Å²) in [7, 11) is 0. The van der Waals surface area contributed by atoms with Crippen molar-refractivity contribution in [2.24, 2.45) is 11.3 Å². The summed E-state index contributed by atoms with van der Waals surface area (Å²) in [5.74, 6) is -0.131. The molecule has 7 heteroatoms. The molecule has 2 aliphatic rings. The number of amides is 2. The van der Waals surface area contributed by atoms with E-state index >= 15 is 0 Å². The molecule has 1 saturated heterocycles. The first-order valence-electron chi connectivity index (χ1n) is 8.18. The van der Waals surface area contributed by atoms with Gasteiger partial charge in [0.15, 0.2) is 0 Å². The van der Waals surface area contributed by atoms with E-state index in [2.05, 4.69) is 21.2 Å². The Balaban J connectivity index is 1.75. The van der Waals surface area contributed by atoms with Crippen molar-refractivity contribution in [1.29, 1.82) is 0 Å². The molecule has 6 nitrogen and oxygen atoms in total. The van der Waals surface area contributed by atoms with E-state index in [1.807, 2.05) is 13.0 Å². The second kappa shape index (κ2) is 6.63. The Morgan fingerprint density at radius 3 is 2.96 bits per heavy atom. The number of ether oxygens (including phenoxy) is 1. The van der Waals surface area contributed by atoms with Gasteiger partial charge in [-0.3, -0.25) is 4.79 Å². The van der Waals surface area contributed by atoms with Gasteiger partial charge in [0.25, 0.3) is 0 Å². The van der Waals surface area contributed by atoms with E-state index < -0.39 is 11.4 Å². The van der Waals surface area contributed by atoms with Crippen LogP contribution >= 0.6 is 15.9 Å². The number of carbonyl (C=O) groups is 2. The van der Waals surface area contributed by atoms with Gasteiger partial charge >= 0.3 is 12.0 Å². The summed E-state index contributed by atoms with van der Waals surface area (Å²) in [5, 5.41) is 12.5. The lowest BCUT2D eigenvalue weighted by atomic mass is 9.81. The van der Waals surface area contributed by atoms with Gasteiger partial charge in [-0.05, 0) is 43.9 Å². The van der Waals surface area contributed by atoms with Crippen molar-refractivity contribution in [1.82, 2.24) is 4.90 Å². The summed E-state index contributed by atoms with van der Waals surface area (Å²) in [6, 6.07) is 5.15. The number of likely N-dealkylation sites (tertiary alicyclic amines) is 1. The zero-order valence-corrected chi connectivity index (χ0v) is 15.1.